The molecule has 0 aliphatic carbocycles. The van der Waals surface area contributed by atoms with Crippen molar-refractivity contribution in [2.45, 2.75) is 13.3 Å². The number of hydrogen-bond acceptors (Lipinski definition) is 7. The number of aromatic nitrogens is 1. The van der Waals surface area contributed by atoms with Crippen molar-refractivity contribution in [2.24, 2.45) is 0 Å². The van der Waals surface area contributed by atoms with Crippen molar-refractivity contribution in [3.8, 4) is 22.8 Å². The standard InChI is InChI=1S/C26H31N3O4S/c1-19-5-7-20(8-6-19)25(30)29(12-4-11-28-13-15-33-16-14-28)26-27-23(18-34-26)22-17-21(31-2)9-10-24(22)32-3/h5-10,17-18H,4,11-16H2,1-3H3. The Morgan fingerprint density at radius 2 is 1.88 bits per heavy atom. The number of anilines is 1. The van der Waals surface area contributed by atoms with Crippen molar-refractivity contribution in [1.29, 1.82) is 0 Å². The second-order valence-corrected chi connectivity index (χ2v) is 9.05. The Morgan fingerprint density at radius 3 is 2.59 bits per heavy atom. The molecule has 1 aromatic heterocycles. The van der Waals surface area contributed by atoms with Gasteiger partial charge < -0.3 is 14.2 Å². The molecule has 0 radical (unpaired) electrons. The minimum atomic E-state index is -0.0412. The van der Waals surface area contributed by atoms with Gasteiger partial charge in [-0.3, -0.25) is 14.6 Å². The van der Waals surface area contributed by atoms with Gasteiger partial charge in [-0.25, -0.2) is 4.98 Å². The number of carbonyl (C=O) groups is 1. The van der Waals surface area contributed by atoms with Crippen LogP contribution in [0.3, 0.4) is 0 Å². The second kappa shape index (κ2) is 11.5. The highest BCUT2D eigenvalue weighted by Crippen LogP contribution is 2.36. The smallest absolute Gasteiger partial charge is 0.260 e. The minimum Gasteiger partial charge on any atom is -0.497 e. The van der Waals surface area contributed by atoms with E-state index < -0.39 is 0 Å². The number of benzene rings is 2. The number of ether oxygens (including phenoxy) is 3. The molecule has 0 saturated carbocycles. The van der Waals surface area contributed by atoms with Crippen LogP contribution in [-0.2, 0) is 4.74 Å². The third-order valence-corrected chi connectivity index (χ3v) is 6.77. The number of morpholine rings is 1. The summed E-state index contributed by atoms with van der Waals surface area (Å²) in [6.45, 7) is 6.93. The summed E-state index contributed by atoms with van der Waals surface area (Å²) in [5, 5.41) is 2.64. The number of nitrogens with zero attached hydrogens (tertiary/aromatic N) is 3. The molecule has 1 aliphatic heterocycles. The summed E-state index contributed by atoms with van der Waals surface area (Å²) in [5.41, 5.74) is 3.37. The lowest BCUT2D eigenvalue weighted by Gasteiger charge is -2.27. The maximum Gasteiger partial charge on any atom is 0.260 e. The molecule has 2 heterocycles. The van der Waals surface area contributed by atoms with Gasteiger partial charge in [0.15, 0.2) is 5.13 Å². The van der Waals surface area contributed by atoms with Gasteiger partial charge in [0, 0.05) is 42.7 Å². The largest absolute Gasteiger partial charge is 0.497 e. The third kappa shape index (κ3) is 5.75. The first-order chi connectivity index (χ1) is 16.6. The molecule has 2 aromatic carbocycles. The van der Waals surface area contributed by atoms with Crippen LogP contribution in [0.1, 0.15) is 22.3 Å². The molecule has 3 aromatic rings. The van der Waals surface area contributed by atoms with E-state index in [1.807, 2.05) is 54.8 Å². The number of methoxy groups -OCH3 is 2. The van der Waals surface area contributed by atoms with Crippen LogP contribution in [0, 0.1) is 6.92 Å². The van der Waals surface area contributed by atoms with Crippen LogP contribution in [0.5, 0.6) is 11.5 Å². The van der Waals surface area contributed by atoms with Gasteiger partial charge in [-0.15, -0.1) is 11.3 Å². The van der Waals surface area contributed by atoms with Crippen LogP contribution in [0.25, 0.3) is 11.3 Å². The summed E-state index contributed by atoms with van der Waals surface area (Å²) >= 11 is 1.46. The van der Waals surface area contributed by atoms with Gasteiger partial charge >= 0.3 is 0 Å². The molecule has 1 amide bonds. The topological polar surface area (TPSA) is 64.1 Å². The average molecular weight is 482 g/mol. The van der Waals surface area contributed by atoms with Gasteiger partial charge in [0.1, 0.15) is 11.5 Å². The Bertz CT molecular complexity index is 1090. The summed E-state index contributed by atoms with van der Waals surface area (Å²) in [4.78, 5) is 22.6. The van der Waals surface area contributed by atoms with Gasteiger partial charge in [-0.2, -0.15) is 0 Å². The predicted octanol–water partition coefficient (Wildman–Crippen LogP) is 4.50. The fourth-order valence-electron chi connectivity index (χ4n) is 3.94. The molecule has 0 N–H and O–H groups in total. The van der Waals surface area contributed by atoms with E-state index in [9.17, 15) is 4.79 Å². The van der Waals surface area contributed by atoms with Gasteiger partial charge in [0.05, 0.1) is 33.1 Å². The van der Waals surface area contributed by atoms with Crippen LogP contribution >= 0.6 is 11.3 Å². The van der Waals surface area contributed by atoms with E-state index in [4.69, 9.17) is 19.2 Å². The molecule has 180 valence electrons. The number of thiazole rings is 1. The maximum atomic E-state index is 13.5. The van der Waals surface area contributed by atoms with Gasteiger partial charge in [0.25, 0.3) is 5.91 Å². The van der Waals surface area contributed by atoms with Crippen LogP contribution in [-0.4, -0.2) is 69.4 Å². The molecule has 0 unspecified atom stereocenters. The molecular formula is C26H31N3O4S. The maximum absolute atomic E-state index is 13.5. The highest BCUT2D eigenvalue weighted by Gasteiger charge is 2.22. The Labute approximate surface area is 204 Å². The molecule has 0 bridgehead atoms. The molecule has 0 spiro atoms. The van der Waals surface area contributed by atoms with E-state index in [-0.39, 0.29) is 5.91 Å². The lowest BCUT2D eigenvalue weighted by atomic mass is 10.1. The fourth-order valence-corrected chi connectivity index (χ4v) is 4.79. The zero-order valence-electron chi connectivity index (χ0n) is 20.0. The Hall–Kier alpha value is -2.94. The fraction of sp³-hybridized carbons (Fsp3) is 0.385. The molecule has 4 rings (SSSR count). The summed E-state index contributed by atoms with van der Waals surface area (Å²) < 4.78 is 16.4. The van der Waals surface area contributed by atoms with E-state index in [2.05, 4.69) is 4.90 Å². The van der Waals surface area contributed by atoms with Crippen molar-refractivity contribution in [3.05, 3.63) is 59.0 Å². The predicted molar refractivity (Wildman–Crippen MR) is 135 cm³/mol. The first-order valence-electron chi connectivity index (χ1n) is 11.5. The Kier molecular flexibility index (Phi) is 8.16. The van der Waals surface area contributed by atoms with Crippen molar-refractivity contribution in [3.63, 3.8) is 0 Å². The quantitative estimate of drug-likeness (QED) is 0.448. The zero-order chi connectivity index (χ0) is 23.9. The zero-order valence-corrected chi connectivity index (χ0v) is 20.8. The van der Waals surface area contributed by atoms with Gasteiger partial charge in [0.2, 0.25) is 0 Å². The minimum absolute atomic E-state index is 0.0412. The van der Waals surface area contributed by atoms with Crippen molar-refractivity contribution in [1.82, 2.24) is 9.88 Å². The van der Waals surface area contributed by atoms with Crippen LogP contribution in [0.15, 0.2) is 47.8 Å². The monoisotopic (exact) mass is 481 g/mol. The molecule has 34 heavy (non-hydrogen) atoms. The first kappa shape index (κ1) is 24.2. The average Bonchev–Trinajstić information content (AvgIpc) is 3.36. The summed E-state index contributed by atoms with van der Waals surface area (Å²) in [5.74, 6) is 1.39. The number of aryl methyl sites for hydroxylation is 1. The van der Waals surface area contributed by atoms with Crippen molar-refractivity contribution in [2.75, 3.05) is 58.5 Å². The summed E-state index contributed by atoms with van der Waals surface area (Å²) in [6.07, 6.45) is 0.856. The Balaban J connectivity index is 1.59. The van der Waals surface area contributed by atoms with E-state index in [1.54, 1.807) is 19.1 Å². The highest BCUT2D eigenvalue weighted by molar-refractivity contribution is 7.14. The SMILES string of the molecule is COc1ccc(OC)c(-c2csc(N(CCCN3CCOCC3)C(=O)c3ccc(C)cc3)n2)c1. The highest BCUT2D eigenvalue weighted by atomic mass is 32.1. The van der Waals surface area contributed by atoms with E-state index in [0.717, 1.165) is 61.8 Å². The van der Waals surface area contributed by atoms with E-state index in [1.165, 1.54) is 11.3 Å². The molecule has 1 fully saturated rings. The van der Waals surface area contributed by atoms with Crippen molar-refractivity contribution < 1.29 is 19.0 Å². The lowest BCUT2D eigenvalue weighted by Crippen LogP contribution is -2.39. The Morgan fingerprint density at radius 1 is 1.12 bits per heavy atom. The van der Waals surface area contributed by atoms with E-state index >= 15 is 0 Å². The van der Waals surface area contributed by atoms with Crippen LogP contribution in [0.4, 0.5) is 5.13 Å². The van der Waals surface area contributed by atoms with Crippen molar-refractivity contribution >= 4 is 22.4 Å². The normalized spacial score (nSPS) is 14.1. The molecular weight excluding hydrogens is 450 g/mol. The van der Waals surface area contributed by atoms with Gasteiger partial charge in [-0.1, -0.05) is 17.7 Å². The molecule has 0 atom stereocenters. The lowest BCUT2D eigenvalue weighted by molar-refractivity contribution is 0.0376. The molecule has 1 saturated heterocycles. The second-order valence-electron chi connectivity index (χ2n) is 8.21. The summed E-state index contributed by atoms with van der Waals surface area (Å²) in [7, 11) is 3.27. The number of carbonyl (C=O) groups excluding carboxylic acids is 1. The van der Waals surface area contributed by atoms with Crippen LogP contribution < -0.4 is 14.4 Å². The number of hydrogen-bond donors (Lipinski definition) is 0. The van der Waals surface area contributed by atoms with E-state index in [0.29, 0.717) is 23.0 Å². The molecule has 7 nitrogen and oxygen atoms in total. The van der Waals surface area contributed by atoms with Gasteiger partial charge in [-0.05, 0) is 43.7 Å². The third-order valence-electron chi connectivity index (χ3n) is 5.91. The van der Waals surface area contributed by atoms with Crippen LogP contribution in [0.2, 0.25) is 0 Å². The molecule has 1 aliphatic rings. The number of amides is 1. The molecule has 8 heteroatoms. The first-order valence-corrected chi connectivity index (χ1v) is 12.3. The number of rotatable bonds is 9. The summed E-state index contributed by atoms with van der Waals surface area (Å²) in [6, 6.07) is 13.3.